The number of rotatable bonds is 4. The predicted molar refractivity (Wildman–Crippen MR) is 98.7 cm³/mol. The van der Waals surface area contributed by atoms with Gasteiger partial charge in [-0.1, -0.05) is 0 Å². The lowest BCUT2D eigenvalue weighted by Gasteiger charge is -2.10. The van der Waals surface area contributed by atoms with Gasteiger partial charge in [0.25, 0.3) is 10.0 Å². The fourth-order valence-corrected chi connectivity index (χ4v) is 5.29. The Hall–Kier alpha value is -2.38. The Kier molecular flexibility index (Phi) is 3.82. The van der Waals surface area contributed by atoms with E-state index in [4.69, 9.17) is 4.74 Å². The zero-order chi connectivity index (χ0) is 18.6. The molecule has 1 aliphatic rings. The molecule has 0 spiro atoms. The number of nitrogens with zero attached hydrogens (tertiary/aromatic N) is 2. The minimum Gasteiger partial charge on any atom is -0.497 e. The van der Waals surface area contributed by atoms with Crippen molar-refractivity contribution in [2.24, 2.45) is 0 Å². The summed E-state index contributed by atoms with van der Waals surface area (Å²) in [6, 6.07) is 9.17. The number of benzene rings is 2. The maximum Gasteiger partial charge on any atom is 0.269 e. The van der Waals surface area contributed by atoms with Crippen molar-refractivity contribution in [2.45, 2.75) is 11.3 Å². The monoisotopic (exact) mass is 374 g/mol. The largest absolute Gasteiger partial charge is 0.497 e. The third-order valence-corrected chi connectivity index (χ3v) is 6.53. The molecule has 0 N–H and O–H groups in total. The first kappa shape index (κ1) is 17.1. The lowest BCUT2D eigenvalue weighted by atomic mass is 10.0. The van der Waals surface area contributed by atoms with Crippen molar-refractivity contribution in [3.8, 4) is 17.0 Å². The topological polar surface area (TPSA) is 51.5 Å². The number of methoxy groups -OCH3 is 1. The van der Waals surface area contributed by atoms with Gasteiger partial charge < -0.3 is 9.64 Å². The second-order valence-corrected chi connectivity index (χ2v) is 8.43. The molecule has 0 fully saturated rings. The van der Waals surface area contributed by atoms with E-state index in [9.17, 15) is 12.8 Å². The summed E-state index contributed by atoms with van der Waals surface area (Å²) in [5.41, 5.74) is 2.46. The summed E-state index contributed by atoms with van der Waals surface area (Å²) in [5.74, 6) is 0.207. The number of likely N-dealkylation sites (N-methyl/N-ethyl adjacent to an activating group) is 1. The van der Waals surface area contributed by atoms with Gasteiger partial charge in [-0.25, -0.2) is 16.8 Å². The molecule has 0 unspecified atom stereocenters. The third-order valence-electron chi connectivity index (χ3n) is 4.76. The molecule has 26 heavy (non-hydrogen) atoms. The number of hydrogen-bond donors (Lipinski definition) is 0. The molecule has 136 valence electrons. The van der Waals surface area contributed by atoms with E-state index in [0.29, 0.717) is 28.9 Å². The lowest BCUT2D eigenvalue weighted by molar-refractivity contribution is 0.413. The first-order chi connectivity index (χ1) is 12.3. The second kappa shape index (κ2) is 5.82. The maximum absolute atomic E-state index is 13.9. The Morgan fingerprint density at radius 3 is 2.62 bits per heavy atom. The molecule has 4 rings (SSSR count). The highest BCUT2D eigenvalue weighted by molar-refractivity contribution is 7.90. The molecule has 0 radical (unpaired) electrons. The molecule has 0 saturated heterocycles. The van der Waals surface area contributed by atoms with Crippen molar-refractivity contribution in [1.82, 2.24) is 8.87 Å². The van der Waals surface area contributed by atoms with E-state index >= 15 is 0 Å². The highest BCUT2D eigenvalue weighted by Crippen LogP contribution is 2.45. The molecule has 0 amide bonds. The van der Waals surface area contributed by atoms with Crippen molar-refractivity contribution in [3.05, 3.63) is 47.8 Å². The van der Waals surface area contributed by atoms with Crippen LogP contribution in [0.3, 0.4) is 0 Å². The van der Waals surface area contributed by atoms with Crippen molar-refractivity contribution in [1.29, 1.82) is 0 Å². The van der Waals surface area contributed by atoms with Gasteiger partial charge in [0.1, 0.15) is 11.6 Å². The van der Waals surface area contributed by atoms with Gasteiger partial charge in [-0.15, -0.1) is 0 Å². The van der Waals surface area contributed by atoms with Crippen LogP contribution in [0.5, 0.6) is 5.75 Å². The van der Waals surface area contributed by atoms with Gasteiger partial charge in [0.15, 0.2) is 0 Å². The van der Waals surface area contributed by atoms with Crippen LogP contribution in [0.2, 0.25) is 0 Å². The molecule has 1 aromatic heterocycles. The van der Waals surface area contributed by atoms with E-state index < -0.39 is 15.8 Å². The number of ether oxygens (including phenoxy) is 1. The molecule has 0 aliphatic carbocycles. The first-order valence-electron chi connectivity index (χ1n) is 8.26. The van der Waals surface area contributed by atoms with Crippen LogP contribution in [-0.4, -0.2) is 45.0 Å². The van der Waals surface area contributed by atoms with Crippen LogP contribution in [-0.2, 0) is 16.4 Å². The molecule has 1 aliphatic heterocycles. The van der Waals surface area contributed by atoms with Crippen LogP contribution in [0.15, 0.2) is 41.3 Å². The average molecular weight is 374 g/mol. The second-order valence-electron chi connectivity index (χ2n) is 6.67. The van der Waals surface area contributed by atoms with Crippen LogP contribution >= 0.6 is 0 Å². The summed E-state index contributed by atoms with van der Waals surface area (Å²) in [4.78, 5) is 2.18. The standard InChI is InChI=1S/C19H19FN2O3S/c1-21(2)9-8-14-15-11-13(25-3)5-6-17(15)22-19(14)16-10-12(20)4-7-18(16)26(22,23)24/h4-7,10-11H,8-9H2,1-3H3. The smallest absolute Gasteiger partial charge is 0.269 e. The minimum absolute atomic E-state index is 0.151. The molecule has 5 nitrogen and oxygen atoms in total. The number of fused-ring (bicyclic) bond motifs is 5. The zero-order valence-corrected chi connectivity index (χ0v) is 15.6. The number of halogens is 1. The lowest BCUT2D eigenvalue weighted by Crippen LogP contribution is -2.15. The molecule has 7 heteroatoms. The quantitative estimate of drug-likeness (QED) is 0.551. The van der Waals surface area contributed by atoms with E-state index in [-0.39, 0.29) is 4.90 Å². The fourth-order valence-electron chi connectivity index (χ4n) is 3.55. The Morgan fingerprint density at radius 2 is 1.92 bits per heavy atom. The Labute approximate surface area is 151 Å². The van der Waals surface area contributed by atoms with Crippen LogP contribution in [0.25, 0.3) is 22.2 Å². The molecule has 0 atom stereocenters. The van der Waals surface area contributed by atoms with Gasteiger partial charge in [0, 0.05) is 17.5 Å². The van der Waals surface area contributed by atoms with E-state index in [1.807, 2.05) is 25.1 Å². The van der Waals surface area contributed by atoms with Crippen LogP contribution in [0, 0.1) is 5.82 Å². The molecule has 2 heterocycles. The van der Waals surface area contributed by atoms with Crippen molar-refractivity contribution in [2.75, 3.05) is 27.7 Å². The van der Waals surface area contributed by atoms with E-state index in [1.54, 1.807) is 19.2 Å². The SMILES string of the molecule is COc1ccc2c(c1)c(CCN(C)C)c1n2S(=O)(=O)c2ccc(F)cc2-1. The summed E-state index contributed by atoms with van der Waals surface area (Å²) in [7, 11) is 1.75. The molecule has 0 saturated carbocycles. The van der Waals surface area contributed by atoms with Crippen molar-refractivity contribution < 1.29 is 17.5 Å². The van der Waals surface area contributed by atoms with Gasteiger partial charge in [-0.05, 0) is 62.5 Å². The van der Waals surface area contributed by atoms with Crippen LogP contribution in [0.1, 0.15) is 5.56 Å². The van der Waals surface area contributed by atoms with E-state index in [0.717, 1.165) is 17.5 Å². The van der Waals surface area contributed by atoms with Gasteiger partial charge >= 0.3 is 0 Å². The Balaban J connectivity index is 2.10. The van der Waals surface area contributed by atoms with Gasteiger partial charge in [0.05, 0.1) is 23.2 Å². The first-order valence-corrected chi connectivity index (χ1v) is 9.70. The van der Waals surface area contributed by atoms with Crippen LogP contribution in [0.4, 0.5) is 4.39 Å². The third kappa shape index (κ3) is 2.34. The minimum atomic E-state index is -3.75. The van der Waals surface area contributed by atoms with Gasteiger partial charge in [-0.2, -0.15) is 0 Å². The summed E-state index contributed by atoms with van der Waals surface area (Å²) >= 11 is 0. The Bertz CT molecular complexity index is 1130. The van der Waals surface area contributed by atoms with Gasteiger partial charge in [-0.3, -0.25) is 0 Å². The Morgan fingerprint density at radius 1 is 1.15 bits per heavy atom. The predicted octanol–water partition coefficient (Wildman–Crippen LogP) is 3.11. The molecular weight excluding hydrogens is 355 g/mol. The molecule has 3 aromatic rings. The van der Waals surface area contributed by atoms with Crippen molar-refractivity contribution >= 4 is 20.9 Å². The fraction of sp³-hybridized carbons (Fsp3) is 0.263. The van der Waals surface area contributed by atoms with Crippen LogP contribution < -0.4 is 4.74 Å². The normalized spacial score (nSPS) is 14.7. The van der Waals surface area contributed by atoms with Crippen molar-refractivity contribution in [3.63, 3.8) is 0 Å². The highest BCUT2D eigenvalue weighted by atomic mass is 32.2. The van der Waals surface area contributed by atoms with E-state index in [1.165, 1.54) is 22.2 Å². The highest BCUT2D eigenvalue weighted by Gasteiger charge is 2.37. The summed E-state index contributed by atoms with van der Waals surface area (Å²) in [6.45, 7) is 0.744. The molecule has 2 aromatic carbocycles. The maximum atomic E-state index is 13.9. The molecule has 0 bridgehead atoms. The van der Waals surface area contributed by atoms with E-state index in [2.05, 4.69) is 0 Å². The average Bonchev–Trinajstić information content (AvgIpc) is 3.03. The number of aromatic nitrogens is 1. The summed E-state index contributed by atoms with van der Waals surface area (Å²) in [5, 5.41) is 0.819. The number of hydrogen-bond acceptors (Lipinski definition) is 4. The summed E-state index contributed by atoms with van der Waals surface area (Å²) in [6.07, 6.45) is 0.643. The zero-order valence-electron chi connectivity index (χ0n) is 14.8. The molecular formula is C19H19FN2O3S. The summed E-state index contributed by atoms with van der Waals surface area (Å²) < 4.78 is 46.8. The van der Waals surface area contributed by atoms with Gasteiger partial charge in [0.2, 0.25) is 0 Å².